The highest BCUT2D eigenvalue weighted by Crippen LogP contribution is 2.59. The third kappa shape index (κ3) is 5.76. The van der Waals surface area contributed by atoms with Gasteiger partial charge in [0.05, 0.1) is 16.8 Å². The topological polar surface area (TPSA) is 34.1 Å². The molecule has 4 aromatic rings. The lowest BCUT2D eigenvalue weighted by Gasteiger charge is -2.29. The summed E-state index contributed by atoms with van der Waals surface area (Å²) in [6, 6.07) is 24.0. The van der Waals surface area contributed by atoms with Crippen LogP contribution in [0.3, 0.4) is 0 Å². The van der Waals surface area contributed by atoms with Crippen LogP contribution in [0.2, 0.25) is 0 Å². The number of carbonyl (C=O) groups excluding carboxylic acids is 1. The summed E-state index contributed by atoms with van der Waals surface area (Å²) in [5.41, 5.74) is -2.15. The van der Waals surface area contributed by atoms with E-state index < -0.39 is 36.3 Å². The first-order valence-electron chi connectivity index (χ1n) is 11.5. The first-order valence-corrected chi connectivity index (χ1v) is 13.3. The normalized spacial score (nSPS) is 13.2. The zero-order valence-electron chi connectivity index (χ0n) is 19.7. The number of hydrogen-bond donors (Lipinski definition) is 0. The van der Waals surface area contributed by atoms with Crippen LogP contribution in [-0.4, -0.2) is 5.78 Å². The first-order chi connectivity index (χ1) is 17.9. The second-order valence-electron chi connectivity index (χ2n) is 8.67. The van der Waals surface area contributed by atoms with Crippen molar-refractivity contribution in [1.29, 1.82) is 0 Å². The zero-order valence-corrected chi connectivity index (χ0v) is 20.6. The third-order valence-corrected chi connectivity index (χ3v) is 9.74. The molecule has 196 valence electrons. The van der Waals surface area contributed by atoms with Gasteiger partial charge in [-0.05, 0) is 29.8 Å². The van der Waals surface area contributed by atoms with Crippen LogP contribution in [0.5, 0.6) is 0 Å². The number of benzene rings is 4. The Morgan fingerprint density at radius 3 is 1.39 bits per heavy atom. The van der Waals surface area contributed by atoms with E-state index in [0.29, 0.717) is 11.1 Å². The molecule has 38 heavy (non-hydrogen) atoms. The minimum Gasteiger partial charge on any atom is -0.313 e. The van der Waals surface area contributed by atoms with Crippen molar-refractivity contribution < 1.29 is 35.7 Å². The molecule has 4 rings (SSSR count). The number of ketones is 1. The summed E-state index contributed by atoms with van der Waals surface area (Å²) >= 11 is 0. The Bertz CT molecular complexity index is 1370. The Morgan fingerprint density at radius 2 is 1.00 bits per heavy atom. The Balaban J connectivity index is 1.92. The highest BCUT2D eigenvalue weighted by atomic mass is 31.2. The van der Waals surface area contributed by atoms with Crippen LogP contribution >= 0.6 is 7.14 Å². The number of halogens is 6. The maximum Gasteiger partial charge on any atom is 0.416 e. The van der Waals surface area contributed by atoms with Gasteiger partial charge in [-0.2, -0.15) is 26.3 Å². The number of carbonyl (C=O) groups is 1. The van der Waals surface area contributed by atoms with Crippen LogP contribution in [0.25, 0.3) is 0 Å². The minimum absolute atomic E-state index is 0.0000246. The van der Waals surface area contributed by atoms with Gasteiger partial charge in [-0.1, -0.05) is 84.9 Å². The van der Waals surface area contributed by atoms with Crippen LogP contribution in [0, 0.1) is 0 Å². The van der Waals surface area contributed by atoms with Crippen molar-refractivity contribution in [2.45, 2.75) is 24.4 Å². The van der Waals surface area contributed by atoms with E-state index in [-0.39, 0.29) is 22.8 Å². The fourth-order valence-electron chi connectivity index (χ4n) is 4.30. The first kappa shape index (κ1) is 27.4. The average Bonchev–Trinajstić information content (AvgIpc) is 2.91. The van der Waals surface area contributed by atoms with E-state index in [0.717, 1.165) is 48.5 Å². The highest BCUT2D eigenvalue weighted by molar-refractivity contribution is 7.79. The zero-order chi connectivity index (χ0) is 27.6. The van der Waals surface area contributed by atoms with E-state index >= 15 is 4.57 Å². The Hall–Kier alpha value is -3.64. The predicted molar refractivity (Wildman–Crippen MR) is 134 cm³/mol. The molecule has 0 bridgehead atoms. The summed E-state index contributed by atoms with van der Waals surface area (Å²) in [6.45, 7) is 0. The highest BCUT2D eigenvalue weighted by Gasteiger charge is 2.41. The SMILES string of the molecule is O=C(CC(c1ccccc1)P(=O)(c1ccc(C(F)(F)F)cc1)c1ccc(C(F)(F)F)cc1)c1ccccc1. The van der Waals surface area contributed by atoms with Gasteiger partial charge in [-0.3, -0.25) is 4.79 Å². The van der Waals surface area contributed by atoms with Crippen LogP contribution < -0.4 is 10.6 Å². The summed E-state index contributed by atoms with van der Waals surface area (Å²) < 4.78 is 94.6. The molecule has 0 spiro atoms. The molecule has 0 N–H and O–H groups in total. The van der Waals surface area contributed by atoms with Gasteiger partial charge in [-0.25, -0.2) is 0 Å². The molecule has 0 heterocycles. The summed E-state index contributed by atoms with van der Waals surface area (Å²) in [6.07, 6.45) is -9.56. The lowest BCUT2D eigenvalue weighted by atomic mass is 10.0. The number of alkyl halides is 6. The summed E-state index contributed by atoms with van der Waals surface area (Å²) in [4.78, 5) is 13.3. The molecule has 0 aliphatic heterocycles. The van der Waals surface area contributed by atoms with Crippen molar-refractivity contribution in [2.75, 3.05) is 0 Å². The summed E-state index contributed by atoms with van der Waals surface area (Å²) in [7, 11) is -4.03. The van der Waals surface area contributed by atoms with Crippen molar-refractivity contribution in [2.24, 2.45) is 0 Å². The maximum atomic E-state index is 15.1. The standard InChI is InChI=1S/C29H21F6O2P/c30-28(31,32)22-11-15-24(16-12-22)38(37,25-17-13-23(14-18-25)29(33,34)35)27(21-9-5-2-6-10-21)19-26(36)20-7-3-1-4-8-20/h1-18,27H,19H2. The van der Waals surface area contributed by atoms with E-state index in [1.807, 2.05) is 0 Å². The average molecular weight is 546 g/mol. The van der Waals surface area contributed by atoms with Gasteiger partial charge in [0.15, 0.2) is 12.9 Å². The fraction of sp³-hybridized carbons (Fsp3) is 0.138. The van der Waals surface area contributed by atoms with E-state index in [1.54, 1.807) is 60.7 Å². The second-order valence-corrected chi connectivity index (χ2v) is 11.6. The number of Topliss-reactive ketones (excluding diaryl/α,β-unsaturated/α-hetero) is 1. The Morgan fingerprint density at radius 1 is 0.605 bits per heavy atom. The van der Waals surface area contributed by atoms with E-state index in [2.05, 4.69) is 0 Å². The molecule has 0 radical (unpaired) electrons. The molecule has 0 amide bonds. The quantitative estimate of drug-likeness (QED) is 0.134. The molecular formula is C29H21F6O2P. The molecule has 9 heteroatoms. The molecule has 1 unspecified atom stereocenters. The molecule has 0 aliphatic carbocycles. The summed E-state index contributed by atoms with van der Waals surface area (Å²) in [5.74, 6) is -0.362. The molecule has 1 atom stereocenters. The predicted octanol–water partition coefficient (Wildman–Crippen LogP) is 8.05. The Kier molecular flexibility index (Phi) is 7.65. The van der Waals surface area contributed by atoms with Gasteiger partial charge in [0.1, 0.15) is 0 Å². The monoisotopic (exact) mass is 546 g/mol. The Labute approximate surface area is 215 Å². The molecule has 4 aromatic carbocycles. The van der Waals surface area contributed by atoms with Crippen molar-refractivity contribution in [3.63, 3.8) is 0 Å². The van der Waals surface area contributed by atoms with E-state index in [1.165, 1.54) is 0 Å². The molecule has 0 saturated carbocycles. The van der Waals surface area contributed by atoms with Crippen LogP contribution in [0.15, 0.2) is 109 Å². The fourth-order valence-corrected chi connectivity index (χ4v) is 7.52. The van der Waals surface area contributed by atoms with Gasteiger partial charge < -0.3 is 4.57 Å². The lowest BCUT2D eigenvalue weighted by molar-refractivity contribution is -0.138. The van der Waals surface area contributed by atoms with Crippen molar-refractivity contribution >= 4 is 23.5 Å². The van der Waals surface area contributed by atoms with Gasteiger partial charge in [0.25, 0.3) is 0 Å². The molecule has 0 fully saturated rings. The third-order valence-electron chi connectivity index (χ3n) is 6.25. The van der Waals surface area contributed by atoms with E-state index in [9.17, 15) is 31.1 Å². The van der Waals surface area contributed by atoms with Crippen molar-refractivity contribution in [3.05, 3.63) is 131 Å². The molecule has 0 aliphatic rings. The lowest BCUT2D eigenvalue weighted by Crippen LogP contribution is -2.24. The van der Waals surface area contributed by atoms with E-state index in [4.69, 9.17) is 0 Å². The van der Waals surface area contributed by atoms with Crippen molar-refractivity contribution in [3.8, 4) is 0 Å². The van der Waals surface area contributed by atoms with Gasteiger partial charge >= 0.3 is 12.4 Å². The van der Waals surface area contributed by atoms with Crippen LogP contribution in [0.1, 0.15) is 39.1 Å². The number of hydrogen-bond acceptors (Lipinski definition) is 2. The molecule has 0 saturated heterocycles. The van der Waals surface area contributed by atoms with Gasteiger partial charge in [0, 0.05) is 22.6 Å². The molecule has 2 nitrogen and oxygen atoms in total. The smallest absolute Gasteiger partial charge is 0.313 e. The largest absolute Gasteiger partial charge is 0.416 e. The van der Waals surface area contributed by atoms with Crippen LogP contribution in [0.4, 0.5) is 26.3 Å². The van der Waals surface area contributed by atoms with Gasteiger partial charge in [-0.15, -0.1) is 0 Å². The minimum atomic E-state index is -4.64. The summed E-state index contributed by atoms with van der Waals surface area (Å²) in [5, 5.41) is -0.0000492. The van der Waals surface area contributed by atoms with Gasteiger partial charge in [0.2, 0.25) is 0 Å². The van der Waals surface area contributed by atoms with Crippen LogP contribution in [-0.2, 0) is 16.9 Å². The maximum absolute atomic E-state index is 15.1. The molecular weight excluding hydrogens is 525 g/mol. The second kappa shape index (κ2) is 10.6. The van der Waals surface area contributed by atoms with Crippen molar-refractivity contribution in [1.82, 2.24) is 0 Å². The molecule has 0 aromatic heterocycles. The number of rotatable bonds is 7.